The Kier molecular flexibility index (Phi) is 3.66. The summed E-state index contributed by atoms with van der Waals surface area (Å²) < 4.78 is 19.3. The van der Waals surface area contributed by atoms with Gasteiger partial charge in [0.1, 0.15) is 11.6 Å². The number of hydrogen-bond acceptors (Lipinski definition) is 3. The van der Waals surface area contributed by atoms with Crippen molar-refractivity contribution in [3.8, 4) is 0 Å². The highest BCUT2D eigenvalue weighted by Gasteiger charge is 2.08. The molecule has 0 spiro atoms. The normalized spacial score (nSPS) is 10.8. The maximum Gasteiger partial charge on any atom is 0.133 e. The van der Waals surface area contributed by atoms with E-state index < -0.39 is 0 Å². The number of rotatable bonds is 3. The number of aromatic nitrogens is 1. The molecule has 2 aromatic rings. The molecule has 0 bridgehead atoms. The van der Waals surface area contributed by atoms with E-state index in [1.54, 1.807) is 6.07 Å². The largest absolute Gasteiger partial charge is 0.398 e. The summed E-state index contributed by atoms with van der Waals surface area (Å²) in [5.41, 5.74) is 7.81. The van der Waals surface area contributed by atoms with Crippen molar-refractivity contribution in [1.82, 2.24) is 5.16 Å². The van der Waals surface area contributed by atoms with Gasteiger partial charge in [-0.15, -0.1) is 0 Å². The summed E-state index contributed by atoms with van der Waals surface area (Å²) in [6.07, 6.45) is 1.22. The summed E-state index contributed by atoms with van der Waals surface area (Å²) in [5.74, 6) is 0.548. The summed E-state index contributed by atoms with van der Waals surface area (Å²) in [4.78, 5) is 0. The van der Waals surface area contributed by atoms with Crippen LogP contribution in [-0.4, -0.2) is 5.16 Å². The van der Waals surface area contributed by atoms with E-state index in [4.69, 9.17) is 10.3 Å². The molecule has 0 radical (unpaired) electrons. The fraction of sp³-hybridized carbons (Fsp3) is 0.250. The quantitative estimate of drug-likeness (QED) is 0.686. The van der Waals surface area contributed by atoms with E-state index in [9.17, 15) is 4.39 Å². The standard InChI is InChI=1S/C12H12FIN2O/c1-7-4-9(16-17-7)3-2-8-5-12(15)11(14)6-10(8)13/h4-6H,2-3,15H2,1H3. The molecule has 0 amide bonds. The number of nitrogen functional groups attached to an aromatic ring is 1. The smallest absolute Gasteiger partial charge is 0.133 e. The number of anilines is 1. The predicted molar refractivity (Wildman–Crippen MR) is 72.2 cm³/mol. The molecule has 90 valence electrons. The summed E-state index contributed by atoms with van der Waals surface area (Å²) >= 11 is 2.02. The van der Waals surface area contributed by atoms with Gasteiger partial charge in [-0.1, -0.05) is 5.16 Å². The first-order chi connectivity index (χ1) is 8.06. The summed E-state index contributed by atoms with van der Waals surface area (Å²) in [7, 11) is 0. The first-order valence-electron chi connectivity index (χ1n) is 5.22. The second-order valence-electron chi connectivity index (χ2n) is 3.89. The SMILES string of the molecule is Cc1cc(CCc2cc(N)c(I)cc2F)no1. The van der Waals surface area contributed by atoms with Crippen molar-refractivity contribution < 1.29 is 8.91 Å². The first-order valence-corrected chi connectivity index (χ1v) is 6.29. The van der Waals surface area contributed by atoms with Crippen molar-refractivity contribution in [2.75, 3.05) is 5.73 Å². The molecule has 2 N–H and O–H groups in total. The lowest BCUT2D eigenvalue weighted by atomic mass is 10.1. The van der Waals surface area contributed by atoms with Gasteiger partial charge in [-0.2, -0.15) is 0 Å². The van der Waals surface area contributed by atoms with Crippen LogP contribution in [-0.2, 0) is 12.8 Å². The Morgan fingerprint density at radius 1 is 1.35 bits per heavy atom. The monoisotopic (exact) mass is 346 g/mol. The summed E-state index contributed by atoms with van der Waals surface area (Å²) in [6, 6.07) is 5.00. The Balaban J connectivity index is 2.11. The molecule has 1 aromatic heterocycles. The molecule has 17 heavy (non-hydrogen) atoms. The van der Waals surface area contributed by atoms with Crippen LogP contribution in [0, 0.1) is 16.3 Å². The fourth-order valence-corrected chi connectivity index (χ4v) is 2.03. The number of nitrogens with zero attached hydrogens (tertiary/aromatic N) is 1. The molecule has 0 unspecified atom stereocenters. The Labute approximate surface area is 112 Å². The van der Waals surface area contributed by atoms with Gasteiger partial charge in [0.05, 0.1) is 5.69 Å². The maximum atomic E-state index is 13.6. The van der Waals surface area contributed by atoms with Crippen molar-refractivity contribution in [3.05, 3.63) is 44.6 Å². The third-order valence-corrected chi connectivity index (χ3v) is 3.43. The van der Waals surface area contributed by atoms with Crippen LogP contribution in [0.3, 0.4) is 0 Å². The zero-order valence-corrected chi connectivity index (χ0v) is 11.5. The van der Waals surface area contributed by atoms with Crippen LogP contribution in [0.4, 0.5) is 10.1 Å². The number of benzene rings is 1. The van der Waals surface area contributed by atoms with Gasteiger partial charge in [-0.05, 0) is 60.1 Å². The highest BCUT2D eigenvalue weighted by molar-refractivity contribution is 14.1. The van der Waals surface area contributed by atoms with Crippen LogP contribution in [0.1, 0.15) is 17.0 Å². The molecule has 0 aliphatic rings. The number of aryl methyl sites for hydroxylation is 3. The molecule has 0 aliphatic heterocycles. The minimum Gasteiger partial charge on any atom is -0.398 e. The topological polar surface area (TPSA) is 52.0 Å². The number of nitrogens with two attached hydrogens (primary N) is 1. The predicted octanol–water partition coefficient (Wildman–Crippen LogP) is 3.09. The highest BCUT2D eigenvalue weighted by atomic mass is 127. The van der Waals surface area contributed by atoms with E-state index in [2.05, 4.69) is 5.16 Å². The van der Waals surface area contributed by atoms with Gasteiger partial charge in [0.15, 0.2) is 0 Å². The fourth-order valence-electron chi connectivity index (χ4n) is 1.60. The Bertz CT molecular complexity index is 539. The van der Waals surface area contributed by atoms with E-state index in [1.165, 1.54) is 6.07 Å². The lowest BCUT2D eigenvalue weighted by Crippen LogP contribution is -1.99. The number of hydrogen-bond donors (Lipinski definition) is 1. The van der Waals surface area contributed by atoms with Gasteiger partial charge < -0.3 is 10.3 Å². The lowest BCUT2D eigenvalue weighted by Gasteiger charge is -2.05. The Hall–Kier alpha value is -1.11. The van der Waals surface area contributed by atoms with Crippen LogP contribution in [0.5, 0.6) is 0 Å². The minimum absolute atomic E-state index is 0.219. The molecule has 1 heterocycles. The molecule has 5 heteroatoms. The van der Waals surface area contributed by atoms with Crippen molar-refractivity contribution in [2.24, 2.45) is 0 Å². The van der Waals surface area contributed by atoms with Crippen molar-refractivity contribution in [1.29, 1.82) is 0 Å². The minimum atomic E-state index is -0.219. The molecule has 0 fully saturated rings. The molecule has 0 saturated carbocycles. The number of halogens is 2. The summed E-state index contributed by atoms with van der Waals surface area (Å²) in [6.45, 7) is 1.83. The average molecular weight is 346 g/mol. The molecule has 0 saturated heterocycles. The van der Waals surface area contributed by atoms with Crippen LogP contribution in [0.15, 0.2) is 22.7 Å². The van der Waals surface area contributed by atoms with Crippen LogP contribution in [0.2, 0.25) is 0 Å². The van der Waals surface area contributed by atoms with E-state index in [0.29, 0.717) is 24.1 Å². The van der Waals surface area contributed by atoms with Crippen LogP contribution >= 0.6 is 22.6 Å². The molecule has 0 aliphatic carbocycles. The van der Waals surface area contributed by atoms with Gasteiger partial charge >= 0.3 is 0 Å². The molecule has 0 atom stereocenters. The van der Waals surface area contributed by atoms with E-state index >= 15 is 0 Å². The lowest BCUT2D eigenvalue weighted by molar-refractivity contribution is 0.390. The Morgan fingerprint density at radius 3 is 2.76 bits per heavy atom. The van der Waals surface area contributed by atoms with E-state index in [1.807, 2.05) is 35.6 Å². The van der Waals surface area contributed by atoms with Crippen molar-refractivity contribution in [3.63, 3.8) is 0 Å². The van der Waals surface area contributed by atoms with Gasteiger partial charge in [0, 0.05) is 15.3 Å². The first kappa shape index (κ1) is 12.3. The zero-order valence-electron chi connectivity index (χ0n) is 9.34. The third kappa shape index (κ3) is 2.96. The Morgan fingerprint density at radius 2 is 2.12 bits per heavy atom. The second kappa shape index (κ2) is 5.03. The summed E-state index contributed by atoms with van der Waals surface area (Å²) in [5, 5.41) is 3.87. The van der Waals surface area contributed by atoms with E-state index in [-0.39, 0.29) is 5.82 Å². The molecular formula is C12H12FIN2O. The maximum absolute atomic E-state index is 13.6. The van der Waals surface area contributed by atoms with Crippen LogP contribution in [0.25, 0.3) is 0 Å². The highest BCUT2D eigenvalue weighted by Crippen LogP contribution is 2.21. The molecular weight excluding hydrogens is 334 g/mol. The van der Waals surface area contributed by atoms with Crippen molar-refractivity contribution >= 4 is 28.3 Å². The van der Waals surface area contributed by atoms with Gasteiger partial charge in [-0.3, -0.25) is 0 Å². The van der Waals surface area contributed by atoms with Crippen LogP contribution < -0.4 is 5.73 Å². The zero-order chi connectivity index (χ0) is 12.4. The van der Waals surface area contributed by atoms with Gasteiger partial charge in [-0.25, -0.2) is 4.39 Å². The average Bonchev–Trinajstić information content (AvgIpc) is 2.68. The van der Waals surface area contributed by atoms with E-state index in [0.717, 1.165) is 15.0 Å². The second-order valence-corrected chi connectivity index (χ2v) is 5.06. The van der Waals surface area contributed by atoms with Gasteiger partial charge in [0.25, 0.3) is 0 Å². The van der Waals surface area contributed by atoms with Gasteiger partial charge in [0.2, 0.25) is 0 Å². The molecule has 1 aromatic carbocycles. The molecule has 3 nitrogen and oxygen atoms in total. The van der Waals surface area contributed by atoms with Crippen molar-refractivity contribution in [2.45, 2.75) is 19.8 Å². The third-order valence-electron chi connectivity index (χ3n) is 2.49. The molecule has 2 rings (SSSR count).